The van der Waals surface area contributed by atoms with Gasteiger partial charge < -0.3 is 9.80 Å². The minimum Gasteiger partial charge on any atom is -0.342 e. The van der Waals surface area contributed by atoms with E-state index in [1.807, 2.05) is 65.2 Å². The molecule has 28 heavy (non-hydrogen) atoms. The fraction of sp³-hybridized carbons (Fsp3) is 0.391. The smallest absolute Gasteiger partial charge is 0.254 e. The van der Waals surface area contributed by atoms with Gasteiger partial charge in [-0.05, 0) is 37.0 Å². The zero-order chi connectivity index (χ0) is 19.4. The molecule has 2 saturated heterocycles. The standard InChI is InChI=1S/C23H26N2O2S/c26-21(12-11-19-7-3-1-4-8-19)24-15-13-23(14-16-24)25(17-18-28-23)22(27)20-9-5-2-6-10-20/h1-10H,11-18H2. The van der Waals surface area contributed by atoms with Crippen molar-refractivity contribution in [2.45, 2.75) is 30.6 Å². The molecule has 0 atom stereocenters. The van der Waals surface area contributed by atoms with Gasteiger partial charge in [0.1, 0.15) is 0 Å². The Bertz CT molecular complexity index is 817. The van der Waals surface area contributed by atoms with Crippen molar-refractivity contribution in [1.29, 1.82) is 0 Å². The molecule has 1 spiro atoms. The SMILES string of the molecule is O=C(CCc1ccccc1)N1CCC2(CC1)SCCN2C(=O)c1ccccc1. The summed E-state index contributed by atoms with van der Waals surface area (Å²) in [5.41, 5.74) is 1.96. The monoisotopic (exact) mass is 394 g/mol. The molecular weight excluding hydrogens is 368 g/mol. The van der Waals surface area contributed by atoms with Crippen molar-refractivity contribution >= 4 is 23.6 Å². The van der Waals surface area contributed by atoms with Crippen LogP contribution in [0.25, 0.3) is 0 Å². The summed E-state index contributed by atoms with van der Waals surface area (Å²) in [6.45, 7) is 2.26. The average Bonchev–Trinajstić information content (AvgIpc) is 3.16. The molecule has 0 aliphatic carbocycles. The second kappa shape index (κ2) is 8.39. The summed E-state index contributed by atoms with van der Waals surface area (Å²) in [6, 6.07) is 19.7. The number of hydrogen-bond acceptors (Lipinski definition) is 3. The largest absolute Gasteiger partial charge is 0.342 e. The highest BCUT2D eigenvalue weighted by Crippen LogP contribution is 2.44. The van der Waals surface area contributed by atoms with Gasteiger partial charge in [-0.1, -0.05) is 48.5 Å². The van der Waals surface area contributed by atoms with Crippen molar-refractivity contribution < 1.29 is 9.59 Å². The molecule has 2 fully saturated rings. The van der Waals surface area contributed by atoms with Gasteiger partial charge in [-0.3, -0.25) is 9.59 Å². The van der Waals surface area contributed by atoms with E-state index in [1.165, 1.54) is 5.56 Å². The van der Waals surface area contributed by atoms with E-state index in [0.29, 0.717) is 6.42 Å². The molecule has 2 aromatic carbocycles. The summed E-state index contributed by atoms with van der Waals surface area (Å²) in [6.07, 6.45) is 3.05. The van der Waals surface area contributed by atoms with Gasteiger partial charge in [-0.15, -0.1) is 11.8 Å². The lowest BCUT2D eigenvalue weighted by Gasteiger charge is -2.44. The van der Waals surface area contributed by atoms with Crippen LogP contribution in [0.2, 0.25) is 0 Å². The minimum absolute atomic E-state index is 0.120. The normalized spacial score (nSPS) is 18.4. The van der Waals surface area contributed by atoms with Crippen LogP contribution < -0.4 is 0 Å². The van der Waals surface area contributed by atoms with Gasteiger partial charge in [0, 0.05) is 37.4 Å². The lowest BCUT2D eigenvalue weighted by atomic mass is 10.00. The highest BCUT2D eigenvalue weighted by atomic mass is 32.2. The molecule has 0 radical (unpaired) electrons. The number of piperidine rings is 1. The van der Waals surface area contributed by atoms with Crippen molar-refractivity contribution in [2.24, 2.45) is 0 Å². The molecule has 146 valence electrons. The zero-order valence-corrected chi connectivity index (χ0v) is 16.9. The third kappa shape index (κ3) is 3.95. The quantitative estimate of drug-likeness (QED) is 0.791. The van der Waals surface area contributed by atoms with E-state index in [9.17, 15) is 9.59 Å². The number of likely N-dealkylation sites (tertiary alicyclic amines) is 1. The van der Waals surface area contributed by atoms with E-state index >= 15 is 0 Å². The second-order valence-electron chi connectivity index (χ2n) is 7.48. The van der Waals surface area contributed by atoms with Gasteiger partial charge in [0.15, 0.2) is 0 Å². The van der Waals surface area contributed by atoms with Gasteiger partial charge in [-0.25, -0.2) is 0 Å². The molecule has 2 amide bonds. The van der Waals surface area contributed by atoms with Crippen LogP contribution in [-0.4, -0.2) is 51.9 Å². The van der Waals surface area contributed by atoms with Crippen LogP contribution in [0.1, 0.15) is 35.2 Å². The Labute approximate surface area is 170 Å². The maximum Gasteiger partial charge on any atom is 0.254 e. The molecule has 2 aliphatic heterocycles. The van der Waals surface area contributed by atoms with Gasteiger partial charge in [0.05, 0.1) is 4.87 Å². The Balaban J connectivity index is 1.36. The summed E-state index contributed by atoms with van der Waals surface area (Å²) in [7, 11) is 0. The summed E-state index contributed by atoms with van der Waals surface area (Å²) in [5.74, 6) is 1.32. The molecule has 2 aromatic rings. The number of amides is 2. The van der Waals surface area contributed by atoms with Gasteiger partial charge in [-0.2, -0.15) is 0 Å². The van der Waals surface area contributed by atoms with Crippen molar-refractivity contribution in [3.8, 4) is 0 Å². The number of aryl methyl sites for hydroxylation is 1. The third-order valence-electron chi connectivity index (χ3n) is 5.81. The molecule has 0 aromatic heterocycles. The summed E-state index contributed by atoms with van der Waals surface area (Å²) >= 11 is 1.89. The molecule has 4 rings (SSSR count). The van der Waals surface area contributed by atoms with Crippen molar-refractivity contribution in [1.82, 2.24) is 9.80 Å². The molecule has 0 bridgehead atoms. The van der Waals surface area contributed by atoms with Crippen LogP contribution in [0.4, 0.5) is 0 Å². The maximum absolute atomic E-state index is 13.0. The average molecular weight is 395 g/mol. The molecule has 0 unspecified atom stereocenters. The number of rotatable bonds is 4. The van der Waals surface area contributed by atoms with E-state index < -0.39 is 0 Å². The number of benzene rings is 2. The molecule has 0 saturated carbocycles. The first-order valence-electron chi connectivity index (χ1n) is 10.0. The number of carbonyl (C=O) groups excluding carboxylic acids is 2. The second-order valence-corrected chi connectivity index (χ2v) is 8.94. The fourth-order valence-corrected chi connectivity index (χ4v) is 5.66. The van der Waals surface area contributed by atoms with E-state index in [-0.39, 0.29) is 16.7 Å². The highest BCUT2D eigenvalue weighted by Gasteiger charge is 2.46. The summed E-state index contributed by atoms with van der Waals surface area (Å²) in [4.78, 5) is 29.6. The molecule has 2 aliphatic rings. The zero-order valence-electron chi connectivity index (χ0n) is 16.0. The van der Waals surface area contributed by atoms with Gasteiger partial charge in [0.25, 0.3) is 5.91 Å². The molecule has 0 N–H and O–H groups in total. The fourth-order valence-electron chi connectivity index (χ4n) is 4.21. The number of hydrogen-bond donors (Lipinski definition) is 0. The summed E-state index contributed by atoms with van der Waals surface area (Å²) < 4.78 is 0. The number of nitrogens with zero attached hydrogens (tertiary/aromatic N) is 2. The first kappa shape index (κ1) is 19.1. The predicted octanol–water partition coefficient (Wildman–Crippen LogP) is 3.83. The first-order chi connectivity index (χ1) is 13.7. The highest BCUT2D eigenvalue weighted by molar-refractivity contribution is 8.00. The molecule has 4 nitrogen and oxygen atoms in total. The van der Waals surface area contributed by atoms with Crippen LogP contribution in [0.5, 0.6) is 0 Å². The van der Waals surface area contributed by atoms with Gasteiger partial charge >= 0.3 is 0 Å². The molecule has 5 heteroatoms. The van der Waals surface area contributed by atoms with Crippen LogP contribution in [0, 0.1) is 0 Å². The van der Waals surface area contributed by atoms with Crippen molar-refractivity contribution in [3.05, 3.63) is 71.8 Å². The van der Waals surface area contributed by atoms with E-state index in [1.54, 1.807) is 0 Å². The van der Waals surface area contributed by atoms with E-state index in [4.69, 9.17) is 0 Å². The topological polar surface area (TPSA) is 40.6 Å². The van der Waals surface area contributed by atoms with E-state index in [0.717, 1.165) is 50.2 Å². The number of carbonyl (C=O) groups is 2. The Kier molecular flexibility index (Phi) is 5.72. The van der Waals surface area contributed by atoms with Crippen molar-refractivity contribution in [2.75, 3.05) is 25.4 Å². The van der Waals surface area contributed by atoms with Crippen molar-refractivity contribution in [3.63, 3.8) is 0 Å². The first-order valence-corrected chi connectivity index (χ1v) is 11.0. The Morgan fingerprint density at radius 3 is 2.21 bits per heavy atom. The Morgan fingerprint density at radius 1 is 0.893 bits per heavy atom. The maximum atomic E-state index is 13.0. The lowest BCUT2D eigenvalue weighted by Crippen LogP contribution is -2.53. The predicted molar refractivity (Wildman–Crippen MR) is 113 cm³/mol. The van der Waals surface area contributed by atoms with Crippen LogP contribution in [-0.2, 0) is 11.2 Å². The molecular formula is C23H26N2O2S. The van der Waals surface area contributed by atoms with Crippen LogP contribution in [0.15, 0.2) is 60.7 Å². The Morgan fingerprint density at radius 2 is 1.54 bits per heavy atom. The minimum atomic E-state index is -0.150. The molecule has 2 heterocycles. The Hall–Kier alpha value is -2.27. The van der Waals surface area contributed by atoms with Gasteiger partial charge in [0.2, 0.25) is 5.91 Å². The van der Waals surface area contributed by atoms with Crippen LogP contribution in [0.3, 0.4) is 0 Å². The summed E-state index contributed by atoms with van der Waals surface area (Å²) in [5, 5.41) is 0. The third-order valence-corrected chi connectivity index (χ3v) is 7.36. The van der Waals surface area contributed by atoms with Crippen LogP contribution >= 0.6 is 11.8 Å². The lowest BCUT2D eigenvalue weighted by molar-refractivity contribution is -0.132. The van der Waals surface area contributed by atoms with E-state index in [2.05, 4.69) is 17.0 Å². The number of thioether (sulfide) groups is 1.